The van der Waals surface area contributed by atoms with Gasteiger partial charge in [0.25, 0.3) is 0 Å². The van der Waals surface area contributed by atoms with Gasteiger partial charge in [-0.2, -0.15) is 0 Å². The number of aliphatic carboxylic acids is 1. The largest absolute Gasteiger partial charge is 0.481 e. The van der Waals surface area contributed by atoms with Gasteiger partial charge in [-0.3, -0.25) is 4.79 Å². The second kappa shape index (κ2) is 17.7. The average molecular weight is 504 g/mol. The first kappa shape index (κ1) is 32.3. The summed E-state index contributed by atoms with van der Waals surface area (Å²) >= 11 is 0. The maximum Gasteiger partial charge on any atom is 0.305 e. The van der Waals surface area contributed by atoms with Crippen LogP contribution in [-0.4, -0.2) is 47.1 Å². The standard InChI is InChI=1S/C31H53NO4/c1-8-9-16-28-31(36-28)30(32-21-22(2)3)26(7)15-11-14-25(6)19-24(5)13-10-12-23(4)17-18-27(33)20-29(34)35/h10-11,13-15,23-24,26-28,30-33H,2,8-9,12,16-21H2,1,3-7H3,(H,34,35)/b13-10+,15-11+,25-14+. The fraction of sp³-hybridized carbons (Fsp3) is 0.710. The molecule has 0 aromatic carbocycles. The summed E-state index contributed by atoms with van der Waals surface area (Å²) in [5.74, 6) is 0.323. The maximum atomic E-state index is 10.6. The van der Waals surface area contributed by atoms with Crippen LogP contribution in [0, 0.1) is 17.8 Å². The Bertz CT molecular complexity index is 741. The Hall–Kier alpha value is -1.69. The van der Waals surface area contributed by atoms with Crippen molar-refractivity contribution >= 4 is 5.97 Å². The van der Waals surface area contributed by atoms with Crippen LogP contribution in [0.1, 0.15) is 92.9 Å². The van der Waals surface area contributed by atoms with Crippen LogP contribution in [0.15, 0.2) is 48.1 Å². The quantitative estimate of drug-likeness (QED) is 0.0962. The number of rotatable bonds is 20. The normalized spacial score (nSPS) is 22.5. The first-order valence-corrected chi connectivity index (χ1v) is 14.0. The van der Waals surface area contributed by atoms with E-state index in [1.165, 1.54) is 18.4 Å². The van der Waals surface area contributed by atoms with Crippen molar-refractivity contribution in [3.63, 3.8) is 0 Å². The third kappa shape index (κ3) is 14.8. The zero-order valence-corrected chi connectivity index (χ0v) is 23.7. The van der Waals surface area contributed by atoms with E-state index >= 15 is 0 Å². The first-order valence-electron chi connectivity index (χ1n) is 14.0. The molecule has 0 aromatic heterocycles. The first-order chi connectivity index (χ1) is 17.0. The van der Waals surface area contributed by atoms with E-state index in [-0.39, 0.29) is 6.42 Å². The van der Waals surface area contributed by atoms with Gasteiger partial charge in [-0.1, -0.05) is 88.6 Å². The summed E-state index contributed by atoms with van der Waals surface area (Å²) < 4.78 is 6.03. The van der Waals surface area contributed by atoms with Crippen molar-refractivity contribution < 1.29 is 19.7 Å². The van der Waals surface area contributed by atoms with E-state index in [2.05, 4.69) is 83.8 Å². The van der Waals surface area contributed by atoms with Crippen molar-refractivity contribution in [3.8, 4) is 0 Å². The second-order valence-corrected chi connectivity index (χ2v) is 11.2. The fourth-order valence-electron chi connectivity index (χ4n) is 4.60. The Kier molecular flexibility index (Phi) is 15.9. The summed E-state index contributed by atoms with van der Waals surface area (Å²) in [6, 6.07) is 0.308. The Balaban J connectivity index is 2.47. The predicted molar refractivity (Wildman–Crippen MR) is 151 cm³/mol. The Labute approximate surface area is 220 Å². The highest BCUT2D eigenvalue weighted by atomic mass is 16.6. The monoisotopic (exact) mass is 503 g/mol. The molecule has 7 unspecified atom stereocenters. The highest BCUT2D eigenvalue weighted by Crippen LogP contribution is 2.33. The molecule has 5 nitrogen and oxygen atoms in total. The predicted octanol–water partition coefficient (Wildman–Crippen LogP) is 6.84. The Morgan fingerprint density at radius 3 is 2.50 bits per heavy atom. The number of ether oxygens (including phenoxy) is 1. The molecule has 0 bridgehead atoms. The molecule has 206 valence electrons. The molecular formula is C31H53NO4. The number of epoxide rings is 1. The SMILES string of the molecule is C=C(C)CNC(C(C)/C=C/C=C(\C)CC(C)/C=C/CC(C)CCC(O)CC(=O)O)C1OC1CCCC. The van der Waals surface area contributed by atoms with Gasteiger partial charge in [0.2, 0.25) is 0 Å². The number of carboxylic acids is 1. The number of nitrogens with one attached hydrogen (secondary N) is 1. The lowest BCUT2D eigenvalue weighted by atomic mass is 9.94. The van der Waals surface area contributed by atoms with Crippen LogP contribution in [0.25, 0.3) is 0 Å². The van der Waals surface area contributed by atoms with Crippen molar-refractivity contribution in [3.05, 3.63) is 48.1 Å². The van der Waals surface area contributed by atoms with Crippen molar-refractivity contribution in [1.29, 1.82) is 0 Å². The van der Waals surface area contributed by atoms with Gasteiger partial charge in [-0.25, -0.2) is 0 Å². The smallest absolute Gasteiger partial charge is 0.305 e. The number of carboxylic acid groups (broad SMARTS) is 1. The third-order valence-electron chi connectivity index (χ3n) is 6.87. The minimum atomic E-state index is -0.941. The Morgan fingerprint density at radius 2 is 1.86 bits per heavy atom. The summed E-state index contributed by atoms with van der Waals surface area (Å²) in [5, 5.41) is 22.1. The van der Waals surface area contributed by atoms with Crippen LogP contribution in [-0.2, 0) is 9.53 Å². The zero-order chi connectivity index (χ0) is 27.1. The lowest BCUT2D eigenvalue weighted by molar-refractivity contribution is -0.139. The third-order valence-corrected chi connectivity index (χ3v) is 6.87. The van der Waals surface area contributed by atoms with E-state index in [4.69, 9.17) is 9.84 Å². The summed E-state index contributed by atoms with van der Waals surface area (Å²) in [6.07, 6.45) is 17.9. The highest BCUT2D eigenvalue weighted by molar-refractivity contribution is 5.67. The molecule has 36 heavy (non-hydrogen) atoms. The molecule has 1 rings (SSSR count). The molecule has 1 fully saturated rings. The van der Waals surface area contributed by atoms with E-state index in [0.29, 0.717) is 42.4 Å². The molecule has 0 spiro atoms. The number of aliphatic hydroxyl groups excluding tert-OH is 1. The molecule has 0 saturated carbocycles. The summed E-state index contributed by atoms with van der Waals surface area (Å²) in [7, 11) is 0. The molecule has 5 heteroatoms. The highest BCUT2D eigenvalue weighted by Gasteiger charge is 2.45. The van der Waals surface area contributed by atoms with Gasteiger partial charge < -0.3 is 20.3 Å². The van der Waals surface area contributed by atoms with Gasteiger partial charge in [0.1, 0.15) is 0 Å². The van der Waals surface area contributed by atoms with Crippen LogP contribution in [0.2, 0.25) is 0 Å². The molecule has 1 aliphatic rings. The van der Waals surface area contributed by atoms with Gasteiger partial charge in [-0.05, 0) is 63.7 Å². The molecular weight excluding hydrogens is 450 g/mol. The van der Waals surface area contributed by atoms with E-state index in [1.807, 2.05) is 0 Å². The number of allylic oxidation sites excluding steroid dienone is 5. The molecule has 3 N–H and O–H groups in total. The number of hydrogen-bond donors (Lipinski definition) is 3. The van der Waals surface area contributed by atoms with Crippen LogP contribution in [0.3, 0.4) is 0 Å². The van der Waals surface area contributed by atoms with Crippen molar-refractivity contribution in [1.82, 2.24) is 5.32 Å². The van der Waals surface area contributed by atoms with Crippen LogP contribution < -0.4 is 5.32 Å². The van der Waals surface area contributed by atoms with E-state index in [1.54, 1.807) is 0 Å². The molecule has 0 radical (unpaired) electrons. The minimum absolute atomic E-state index is 0.169. The lowest BCUT2D eigenvalue weighted by Gasteiger charge is -2.22. The van der Waals surface area contributed by atoms with E-state index < -0.39 is 12.1 Å². The van der Waals surface area contributed by atoms with Crippen molar-refractivity contribution in [2.45, 2.75) is 117 Å². The van der Waals surface area contributed by atoms with Crippen LogP contribution in [0.4, 0.5) is 0 Å². The van der Waals surface area contributed by atoms with Gasteiger partial charge in [0, 0.05) is 12.6 Å². The summed E-state index contributed by atoms with van der Waals surface area (Å²) in [5.41, 5.74) is 2.50. The van der Waals surface area contributed by atoms with Gasteiger partial charge >= 0.3 is 5.97 Å². The molecule has 7 atom stereocenters. The second-order valence-electron chi connectivity index (χ2n) is 11.2. The van der Waals surface area contributed by atoms with Crippen molar-refractivity contribution in [2.24, 2.45) is 17.8 Å². The molecule has 0 aliphatic carbocycles. The number of aliphatic hydroxyl groups is 1. The number of carbonyl (C=O) groups is 1. The lowest BCUT2D eigenvalue weighted by Crippen LogP contribution is -2.40. The van der Waals surface area contributed by atoms with Gasteiger partial charge in [0.15, 0.2) is 0 Å². The molecule has 1 heterocycles. The molecule has 1 saturated heterocycles. The van der Waals surface area contributed by atoms with Gasteiger partial charge in [-0.15, -0.1) is 0 Å². The number of hydrogen-bond acceptors (Lipinski definition) is 4. The Morgan fingerprint density at radius 1 is 1.14 bits per heavy atom. The zero-order valence-electron chi connectivity index (χ0n) is 23.7. The van der Waals surface area contributed by atoms with Gasteiger partial charge in [0.05, 0.1) is 24.7 Å². The van der Waals surface area contributed by atoms with Crippen LogP contribution in [0.5, 0.6) is 0 Å². The fourth-order valence-corrected chi connectivity index (χ4v) is 4.60. The minimum Gasteiger partial charge on any atom is -0.481 e. The van der Waals surface area contributed by atoms with E-state index in [9.17, 15) is 9.90 Å². The summed E-state index contributed by atoms with van der Waals surface area (Å²) in [6.45, 7) is 18.0. The van der Waals surface area contributed by atoms with E-state index in [0.717, 1.165) is 37.8 Å². The topological polar surface area (TPSA) is 82.1 Å². The molecule has 0 aromatic rings. The maximum absolute atomic E-state index is 10.6. The van der Waals surface area contributed by atoms with Crippen LogP contribution >= 0.6 is 0 Å². The summed E-state index contributed by atoms with van der Waals surface area (Å²) in [4.78, 5) is 10.6. The molecule has 1 aliphatic heterocycles. The van der Waals surface area contributed by atoms with Crippen molar-refractivity contribution in [2.75, 3.05) is 6.54 Å². The average Bonchev–Trinajstić information content (AvgIpc) is 3.54. The molecule has 0 amide bonds. The number of unbranched alkanes of at least 4 members (excludes halogenated alkanes) is 1.